The van der Waals surface area contributed by atoms with Crippen molar-refractivity contribution in [3.05, 3.63) is 40.3 Å². The molecule has 6 nitrogen and oxygen atoms in total. The van der Waals surface area contributed by atoms with Crippen molar-refractivity contribution in [1.29, 1.82) is 0 Å². The molecule has 2 aliphatic carbocycles. The Bertz CT molecular complexity index is 1070. The number of aromatic nitrogens is 2. The number of hydrogen-bond acceptors (Lipinski definition) is 5. The maximum absolute atomic E-state index is 13.4. The molecule has 6 heteroatoms. The summed E-state index contributed by atoms with van der Waals surface area (Å²) >= 11 is 0. The third-order valence-electron chi connectivity index (χ3n) is 8.83. The predicted octanol–water partition coefficient (Wildman–Crippen LogP) is 4.32. The number of benzene rings is 1. The molecule has 4 aliphatic rings. The monoisotopic (exact) mass is 435 g/mol. The van der Waals surface area contributed by atoms with E-state index in [1.807, 2.05) is 28.8 Å². The zero-order valence-electron chi connectivity index (χ0n) is 18.9. The Labute approximate surface area is 189 Å². The molecular formula is C26H33N3O3. The lowest BCUT2D eigenvalue weighted by atomic mass is 9.69. The van der Waals surface area contributed by atoms with Gasteiger partial charge in [0.2, 0.25) is 5.69 Å². The molecule has 2 aromatic rings. The maximum Gasteiger partial charge on any atom is 0.362 e. The number of fused-ring (bicyclic) bond motifs is 5. The van der Waals surface area contributed by atoms with Crippen molar-refractivity contribution in [1.82, 2.24) is 14.5 Å². The second kappa shape index (κ2) is 7.98. The minimum atomic E-state index is -0.649. The molecule has 2 saturated carbocycles. The van der Waals surface area contributed by atoms with Gasteiger partial charge in [-0.1, -0.05) is 31.4 Å². The van der Waals surface area contributed by atoms with Crippen LogP contribution in [0.2, 0.25) is 0 Å². The van der Waals surface area contributed by atoms with Crippen molar-refractivity contribution in [2.45, 2.75) is 88.4 Å². The highest BCUT2D eigenvalue weighted by molar-refractivity contribution is 5.89. The first kappa shape index (κ1) is 20.4. The molecule has 32 heavy (non-hydrogen) atoms. The molecular weight excluding hydrogens is 402 g/mol. The molecule has 0 N–H and O–H groups in total. The zero-order valence-corrected chi connectivity index (χ0v) is 18.9. The number of esters is 1. The van der Waals surface area contributed by atoms with E-state index in [2.05, 4.69) is 9.88 Å². The van der Waals surface area contributed by atoms with Crippen LogP contribution in [0.1, 0.15) is 80.7 Å². The quantitative estimate of drug-likeness (QED) is 0.672. The lowest BCUT2D eigenvalue weighted by Crippen LogP contribution is -2.52. The van der Waals surface area contributed by atoms with Gasteiger partial charge in [0.05, 0.1) is 18.1 Å². The summed E-state index contributed by atoms with van der Waals surface area (Å²) in [6.07, 6.45) is 12.9. The van der Waals surface area contributed by atoms with E-state index in [9.17, 15) is 9.59 Å². The van der Waals surface area contributed by atoms with Crippen molar-refractivity contribution in [3.8, 4) is 0 Å². The van der Waals surface area contributed by atoms with Crippen LogP contribution < -0.4 is 5.56 Å². The molecule has 0 spiro atoms. The van der Waals surface area contributed by atoms with Crippen LogP contribution in [0.25, 0.3) is 11.0 Å². The van der Waals surface area contributed by atoms with Gasteiger partial charge in [-0.05, 0) is 68.9 Å². The van der Waals surface area contributed by atoms with Crippen molar-refractivity contribution < 1.29 is 9.53 Å². The Morgan fingerprint density at radius 2 is 1.59 bits per heavy atom. The van der Waals surface area contributed by atoms with Crippen molar-refractivity contribution in [2.75, 3.05) is 7.11 Å². The van der Waals surface area contributed by atoms with Crippen LogP contribution in [-0.2, 0) is 4.74 Å². The zero-order chi connectivity index (χ0) is 21.8. The number of rotatable bonds is 3. The highest BCUT2D eigenvalue weighted by Gasteiger charge is 2.47. The molecule has 0 radical (unpaired) electrons. The average molecular weight is 436 g/mol. The predicted molar refractivity (Wildman–Crippen MR) is 123 cm³/mol. The summed E-state index contributed by atoms with van der Waals surface area (Å²) in [5.74, 6) is 1.21. The van der Waals surface area contributed by atoms with Gasteiger partial charge in [0.1, 0.15) is 0 Å². The fourth-order valence-corrected chi connectivity index (χ4v) is 7.68. The van der Waals surface area contributed by atoms with Crippen molar-refractivity contribution >= 4 is 17.0 Å². The number of ether oxygens (including phenoxy) is 1. The van der Waals surface area contributed by atoms with E-state index in [4.69, 9.17) is 4.74 Å². The summed E-state index contributed by atoms with van der Waals surface area (Å²) in [6, 6.07) is 9.61. The highest BCUT2D eigenvalue weighted by atomic mass is 16.5. The number of carbonyl (C=O) groups excluding carboxylic acids is 1. The van der Waals surface area contributed by atoms with E-state index in [0.29, 0.717) is 17.6 Å². The number of nitrogens with zero attached hydrogens (tertiary/aromatic N) is 3. The highest BCUT2D eigenvalue weighted by Crippen LogP contribution is 2.48. The van der Waals surface area contributed by atoms with Crippen LogP contribution in [0.15, 0.2) is 29.1 Å². The van der Waals surface area contributed by atoms with Gasteiger partial charge in [-0.2, -0.15) is 0 Å². The summed E-state index contributed by atoms with van der Waals surface area (Å²) in [6.45, 7) is 0. The molecule has 170 valence electrons. The number of para-hydroxylation sites is 2. The van der Waals surface area contributed by atoms with Gasteiger partial charge < -0.3 is 9.30 Å². The van der Waals surface area contributed by atoms with E-state index in [0.717, 1.165) is 36.2 Å². The molecule has 2 aliphatic heterocycles. The molecule has 3 heterocycles. The lowest BCUT2D eigenvalue weighted by molar-refractivity contribution is 0.00785. The number of methoxy groups -OCH3 is 1. The van der Waals surface area contributed by atoms with Gasteiger partial charge in [0, 0.05) is 24.2 Å². The first-order valence-electron chi connectivity index (χ1n) is 12.5. The van der Waals surface area contributed by atoms with E-state index in [1.54, 1.807) is 0 Å². The largest absolute Gasteiger partial charge is 0.464 e. The minimum Gasteiger partial charge on any atom is -0.464 e. The summed E-state index contributed by atoms with van der Waals surface area (Å²) in [7, 11) is 1.31. The second-order valence-corrected chi connectivity index (χ2v) is 10.6. The third kappa shape index (κ3) is 3.30. The maximum atomic E-state index is 13.4. The van der Waals surface area contributed by atoms with Crippen molar-refractivity contribution in [2.24, 2.45) is 11.8 Å². The lowest BCUT2D eigenvalue weighted by Gasteiger charge is -2.49. The Hall–Kier alpha value is -2.21. The Kier molecular flexibility index (Phi) is 5.09. The van der Waals surface area contributed by atoms with E-state index < -0.39 is 5.97 Å². The van der Waals surface area contributed by atoms with Crippen LogP contribution in [0.5, 0.6) is 0 Å². The first-order chi connectivity index (χ1) is 15.6. The average Bonchev–Trinajstić information content (AvgIpc) is 3.07. The summed E-state index contributed by atoms with van der Waals surface area (Å²) < 4.78 is 6.74. The number of piperidine rings is 1. The Morgan fingerprint density at radius 1 is 0.906 bits per heavy atom. The van der Waals surface area contributed by atoms with Gasteiger partial charge in [0.15, 0.2) is 0 Å². The summed E-state index contributed by atoms with van der Waals surface area (Å²) in [4.78, 5) is 32.9. The fraction of sp³-hybridized carbons (Fsp3) is 0.654. The Morgan fingerprint density at radius 3 is 2.28 bits per heavy atom. The van der Waals surface area contributed by atoms with Gasteiger partial charge >= 0.3 is 5.97 Å². The molecule has 5 atom stereocenters. The van der Waals surface area contributed by atoms with Crippen LogP contribution in [-0.4, -0.2) is 45.7 Å². The normalized spacial score (nSPS) is 34.5. The van der Waals surface area contributed by atoms with Gasteiger partial charge in [0.25, 0.3) is 5.56 Å². The molecule has 1 aromatic heterocycles. The van der Waals surface area contributed by atoms with Gasteiger partial charge in [-0.25, -0.2) is 9.78 Å². The van der Waals surface area contributed by atoms with Crippen LogP contribution in [0, 0.1) is 11.8 Å². The molecule has 2 saturated heterocycles. The smallest absolute Gasteiger partial charge is 0.362 e. The topological polar surface area (TPSA) is 64.4 Å². The van der Waals surface area contributed by atoms with Crippen molar-refractivity contribution in [3.63, 3.8) is 0 Å². The number of carbonyl (C=O) groups is 1. The standard InChI is InChI=1S/C26H33N3O3/c1-32-26(31)24-25(30)29(23-8-3-2-7-22(23)27-24)21-14-18-9-10-19(15-21)28(18)20-12-16-5-4-6-17(11-16)13-20/h2-3,7-8,16-21H,4-6,9-15H2,1H3/t16?,17?,18-,19+,20?,21?. The molecule has 4 bridgehead atoms. The summed E-state index contributed by atoms with van der Waals surface area (Å²) in [5.41, 5.74) is 1.11. The first-order valence-corrected chi connectivity index (χ1v) is 12.5. The minimum absolute atomic E-state index is 0.0962. The second-order valence-electron chi connectivity index (χ2n) is 10.6. The van der Waals surface area contributed by atoms with E-state index >= 15 is 0 Å². The van der Waals surface area contributed by atoms with Gasteiger partial charge in [-0.15, -0.1) is 0 Å². The molecule has 4 fully saturated rings. The Balaban J connectivity index is 1.33. The van der Waals surface area contributed by atoms with Crippen LogP contribution in [0.4, 0.5) is 0 Å². The van der Waals surface area contributed by atoms with E-state index in [1.165, 1.54) is 58.5 Å². The third-order valence-corrected chi connectivity index (χ3v) is 8.83. The van der Waals surface area contributed by atoms with E-state index in [-0.39, 0.29) is 17.3 Å². The van der Waals surface area contributed by atoms with Gasteiger partial charge in [-0.3, -0.25) is 9.69 Å². The fourth-order valence-electron chi connectivity index (χ4n) is 7.68. The van der Waals surface area contributed by atoms with Crippen LogP contribution in [0.3, 0.4) is 0 Å². The summed E-state index contributed by atoms with van der Waals surface area (Å²) in [5, 5.41) is 0. The number of hydrogen-bond donors (Lipinski definition) is 0. The SMILES string of the molecule is COC(=O)c1nc2ccccc2n(C2C[C@H]3CC[C@@H](C2)N3C2CC3CCCC(C3)C2)c1=O. The molecule has 3 unspecified atom stereocenters. The van der Waals surface area contributed by atoms with Crippen LogP contribution >= 0.6 is 0 Å². The molecule has 0 amide bonds. The molecule has 6 rings (SSSR count). The molecule has 1 aromatic carbocycles.